The normalized spacial score (nSPS) is 10.2. The van der Waals surface area contributed by atoms with E-state index in [2.05, 4.69) is 16.4 Å². The van der Waals surface area contributed by atoms with E-state index in [9.17, 15) is 4.79 Å². The first-order chi connectivity index (χ1) is 9.52. The summed E-state index contributed by atoms with van der Waals surface area (Å²) in [5.74, 6) is -0.111. The highest BCUT2D eigenvalue weighted by atomic mass is 16.2. The Kier molecular flexibility index (Phi) is 4.03. The summed E-state index contributed by atoms with van der Waals surface area (Å²) in [6.45, 7) is 4.04. The third-order valence-corrected chi connectivity index (χ3v) is 3.29. The summed E-state index contributed by atoms with van der Waals surface area (Å²) >= 11 is 0. The van der Waals surface area contributed by atoms with Crippen LogP contribution >= 0.6 is 0 Å². The molecule has 0 fully saturated rings. The first kappa shape index (κ1) is 14.1. The minimum absolute atomic E-state index is 0.111. The molecule has 1 aromatic heterocycles. The van der Waals surface area contributed by atoms with Gasteiger partial charge in [-0.15, -0.1) is 0 Å². The lowest BCUT2D eigenvalue weighted by Gasteiger charge is -2.19. The van der Waals surface area contributed by atoms with Gasteiger partial charge < -0.3 is 10.2 Å². The minimum Gasteiger partial charge on any atom is -0.387 e. The molecule has 0 aliphatic carbocycles. The van der Waals surface area contributed by atoms with Crippen LogP contribution in [0.25, 0.3) is 0 Å². The zero-order valence-corrected chi connectivity index (χ0v) is 12.3. The highest BCUT2D eigenvalue weighted by Gasteiger charge is 2.16. The summed E-state index contributed by atoms with van der Waals surface area (Å²) in [6, 6.07) is 9.61. The molecule has 4 heteroatoms. The van der Waals surface area contributed by atoms with Crippen LogP contribution in [-0.2, 0) is 0 Å². The van der Waals surface area contributed by atoms with E-state index < -0.39 is 0 Å². The Bertz CT molecular complexity index is 620. The second-order valence-corrected chi connectivity index (χ2v) is 4.84. The number of anilines is 2. The van der Waals surface area contributed by atoms with Crippen LogP contribution in [0.15, 0.2) is 36.5 Å². The molecule has 1 aromatic carbocycles. The number of aryl methyl sites for hydroxylation is 2. The summed E-state index contributed by atoms with van der Waals surface area (Å²) in [4.78, 5) is 18.2. The lowest BCUT2D eigenvalue weighted by molar-refractivity contribution is 0.0988. The molecule has 4 nitrogen and oxygen atoms in total. The standard InChI is InChI=1S/C16H19N3O/c1-11-5-8-15(12(2)9-11)19(4)16(20)14-7-6-13(17-3)10-18-14/h5-10,17H,1-4H3. The first-order valence-electron chi connectivity index (χ1n) is 6.52. The molecule has 104 valence electrons. The van der Waals surface area contributed by atoms with Gasteiger partial charge in [0, 0.05) is 19.8 Å². The van der Waals surface area contributed by atoms with Gasteiger partial charge in [-0.25, -0.2) is 4.98 Å². The molecule has 0 aliphatic heterocycles. The van der Waals surface area contributed by atoms with Crippen LogP contribution in [0, 0.1) is 13.8 Å². The summed E-state index contributed by atoms with van der Waals surface area (Å²) in [6.07, 6.45) is 1.66. The fourth-order valence-corrected chi connectivity index (χ4v) is 2.13. The van der Waals surface area contributed by atoms with Crippen molar-refractivity contribution in [2.24, 2.45) is 0 Å². The van der Waals surface area contributed by atoms with Crippen molar-refractivity contribution in [3.05, 3.63) is 53.3 Å². The van der Waals surface area contributed by atoms with E-state index >= 15 is 0 Å². The Morgan fingerprint density at radius 1 is 1.20 bits per heavy atom. The lowest BCUT2D eigenvalue weighted by atomic mass is 10.1. The molecule has 0 aliphatic rings. The molecule has 0 saturated carbocycles. The van der Waals surface area contributed by atoms with E-state index in [0.717, 1.165) is 16.9 Å². The zero-order chi connectivity index (χ0) is 14.7. The molecule has 2 aromatic rings. The second kappa shape index (κ2) is 5.74. The average molecular weight is 269 g/mol. The van der Waals surface area contributed by atoms with Gasteiger partial charge in [0.25, 0.3) is 5.91 Å². The maximum atomic E-state index is 12.4. The molecular formula is C16H19N3O. The first-order valence-corrected chi connectivity index (χ1v) is 6.52. The zero-order valence-electron chi connectivity index (χ0n) is 12.3. The van der Waals surface area contributed by atoms with E-state index in [4.69, 9.17) is 0 Å². The Morgan fingerprint density at radius 2 is 1.95 bits per heavy atom. The number of hydrogen-bond donors (Lipinski definition) is 1. The molecule has 0 bridgehead atoms. The molecule has 0 unspecified atom stereocenters. The summed E-state index contributed by atoms with van der Waals surface area (Å²) < 4.78 is 0. The van der Waals surface area contributed by atoms with E-state index in [1.54, 1.807) is 24.2 Å². The number of benzene rings is 1. The lowest BCUT2D eigenvalue weighted by Crippen LogP contribution is -2.27. The molecule has 0 atom stereocenters. The van der Waals surface area contributed by atoms with Crippen LogP contribution in [0.3, 0.4) is 0 Å². The van der Waals surface area contributed by atoms with Crippen LogP contribution < -0.4 is 10.2 Å². The van der Waals surface area contributed by atoms with Gasteiger partial charge in [-0.3, -0.25) is 4.79 Å². The maximum absolute atomic E-state index is 12.4. The predicted molar refractivity (Wildman–Crippen MR) is 82.4 cm³/mol. The minimum atomic E-state index is -0.111. The van der Waals surface area contributed by atoms with Gasteiger partial charge in [0.05, 0.1) is 11.9 Å². The number of nitrogens with one attached hydrogen (secondary N) is 1. The number of carbonyl (C=O) groups excluding carboxylic acids is 1. The van der Waals surface area contributed by atoms with Gasteiger partial charge in [-0.1, -0.05) is 17.7 Å². The SMILES string of the molecule is CNc1ccc(C(=O)N(C)c2ccc(C)cc2C)nc1. The molecule has 1 amide bonds. The average Bonchev–Trinajstić information content (AvgIpc) is 2.46. The van der Waals surface area contributed by atoms with E-state index in [-0.39, 0.29) is 5.91 Å². The van der Waals surface area contributed by atoms with Crippen molar-refractivity contribution < 1.29 is 4.79 Å². The van der Waals surface area contributed by atoms with Crippen molar-refractivity contribution in [1.82, 2.24) is 4.98 Å². The largest absolute Gasteiger partial charge is 0.387 e. The second-order valence-electron chi connectivity index (χ2n) is 4.84. The van der Waals surface area contributed by atoms with Gasteiger partial charge in [-0.2, -0.15) is 0 Å². The summed E-state index contributed by atoms with van der Waals surface area (Å²) in [5, 5.41) is 2.98. The topological polar surface area (TPSA) is 45.2 Å². The summed E-state index contributed by atoms with van der Waals surface area (Å²) in [5.41, 5.74) is 4.48. The Balaban J connectivity index is 2.27. The number of nitrogens with zero attached hydrogens (tertiary/aromatic N) is 2. The van der Waals surface area contributed by atoms with Crippen molar-refractivity contribution in [2.75, 3.05) is 24.3 Å². The fraction of sp³-hybridized carbons (Fsp3) is 0.250. The smallest absolute Gasteiger partial charge is 0.276 e. The number of amides is 1. The monoisotopic (exact) mass is 269 g/mol. The van der Waals surface area contributed by atoms with Crippen molar-refractivity contribution in [3.8, 4) is 0 Å². The molecule has 2 rings (SSSR count). The van der Waals surface area contributed by atoms with Gasteiger partial charge in [0.15, 0.2) is 0 Å². The Morgan fingerprint density at radius 3 is 2.50 bits per heavy atom. The van der Waals surface area contributed by atoms with Gasteiger partial charge >= 0.3 is 0 Å². The van der Waals surface area contributed by atoms with Gasteiger partial charge in [0.2, 0.25) is 0 Å². The molecular weight excluding hydrogens is 250 g/mol. The third kappa shape index (κ3) is 2.79. The van der Waals surface area contributed by atoms with Gasteiger partial charge in [-0.05, 0) is 37.6 Å². The van der Waals surface area contributed by atoms with Crippen molar-refractivity contribution in [3.63, 3.8) is 0 Å². The number of pyridine rings is 1. The van der Waals surface area contributed by atoms with Crippen LogP contribution in [0.5, 0.6) is 0 Å². The Hall–Kier alpha value is -2.36. The Labute approximate surface area is 119 Å². The van der Waals surface area contributed by atoms with Crippen LogP contribution in [0.1, 0.15) is 21.6 Å². The van der Waals surface area contributed by atoms with Gasteiger partial charge in [0.1, 0.15) is 5.69 Å². The van der Waals surface area contributed by atoms with E-state index in [1.165, 1.54) is 5.56 Å². The molecule has 0 saturated heterocycles. The number of rotatable bonds is 3. The highest BCUT2D eigenvalue weighted by Crippen LogP contribution is 2.21. The molecule has 20 heavy (non-hydrogen) atoms. The molecule has 0 radical (unpaired) electrons. The summed E-state index contributed by atoms with van der Waals surface area (Å²) in [7, 11) is 3.59. The van der Waals surface area contributed by atoms with Crippen molar-refractivity contribution >= 4 is 17.3 Å². The molecule has 0 spiro atoms. The third-order valence-electron chi connectivity index (χ3n) is 3.29. The van der Waals surface area contributed by atoms with Crippen LogP contribution in [-0.4, -0.2) is 25.0 Å². The fourth-order valence-electron chi connectivity index (χ4n) is 2.13. The molecule has 1 N–H and O–H groups in total. The van der Waals surface area contributed by atoms with Crippen LogP contribution in [0.4, 0.5) is 11.4 Å². The van der Waals surface area contributed by atoms with Crippen LogP contribution in [0.2, 0.25) is 0 Å². The van der Waals surface area contributed by atoms with E-state index in [0.29, 0.717) is 5.69 Å². The number of carbonyl (C=O) groups is 1. The van der Waals surface area contributed by atoms with Crippen molar-refractivity contribution in [2.45, 2.75) is 13.8 Å². The maximum Gasteiger partial charge on any atom is 0.276 e. The predicted octanol–water partition coefficient (Wildman–Crippen LogP) is 3.02. The highest BCUT2D eigenvalue weighted by molar-refractivity contribution is 6.04. The number of aromatic nitrogens is 1. The van der Waals surface area contributed by atoms with Crippen molar-refractivity contribution in [1.29, 1.82) is 0 Å². The quantitative estimate of drug-likeness (QED) is 0.931. The number of hydrogen-bond acceptors (Lipinski definition) is 3. The van der Waals surface area contributed by atoms with E-state index in [1.807, 2.05) is 39.1 Å². The molecule has 1 heterocycles.